The first-order valence-electron chi connectivity index (χ1n) is 8.13. The fraction of sp³-hybridized carbons (Fsp3) is 0.875. The van der Waals surface area contributed by atoms with Gasteiger partial charge in [-0.25, -0.2) is 0 Å². The summed E-state index contributed by atoms with van der Waals surface area (Å²) in [6.45, 7) is 8.78. The minimum absolute atomic E-state index is 0.124. The van der Waals surface area contributed by atoms with Crippen molar-refractivity contribution in [2.45, 2.75) is 58.9 Å². The van der Waals surface area contributed by atoms with Crippen LogP contribution in [0.15, 0.2) is 0 Å². The molecule has 0 saturated carbocycles. The summed E-state index contributed by atoms with van der Waals surface area (Å²) in [5.41, 5.74) is 0. The lowest BCUT2D eigenvalue weighted by atomic mass is 9.85. The molecule has 0 aliphatic carbocycles. The molecule has 122 valence electrons. The van der Waals surface area contributed by atoms with Gasteiger partial charge in [0, 0.05) is 25.4 Å². The maximum Gasteiger partial charge on any atom is 0.303 e. The summed E-state index contributed by atoms with van der Waals surface area (Å²) in [6.07, 6.45) is 3.60. The molecule has 1 aliphatic rings. The Balaban J connectivity index is 2.45. The Labute approximate surface area is 128 Å². The molecule has 2 N–H and O–H groups in total. The van der Waals surface area contributed by atoms with Crippen molar-refractivity contribution in [1.29, 1.82) is 0 Å². The number of carboxylic acid groups (broad SMARTS) is 1. The lowest BCUT2D eigenvalue weighted by Gasteiger charge is -2.32. The quantitative estimate of drug-likeness (QED) is 0.720. The fourth-order valence-electron chi connectivity index (χ4n) is 3.00. The number of hydrogen-bond acceptors (Lipinski definition) is 3. The monoisotopic (exact) mass is 298 g/mol. The summed E-state index contributed by atoms with van der Waals surface area (Å²) in [5.74, 6) is 0.322. The molecule has 1 rings (SSSR count). The molecule has 2 atom stereocenters. The third kappa shape index (κ3) is 6.46. The summed E-state index contributed by atoms with van der Waals surface area (Å²) < 4.78 is 0. The van der Waals surface area contributed by atoms with E-state index < -0.39 is 5.97 Å². The topological polar surface area (TPSA) is 69.6 Å². The van der Waals surface area contributed by atoms with Crippen LogP contribution in [0.3, 0.4) is 0 Å². The average molecular weight is 298 g/mol. The molecule has 0 aromatic heterocycles. The number of carboxylic acids is 1. The predicted octanol–water partition coefficient (Wildman–Crippen LogP) is 2.11. The Morgan fingerprint density at radius 3 is 2.57 bits per heavy atom. The summed E-state index contributed by atoms with van der Waals surface area (Å²) in [5, 5.41) is 12.1. The Hall–Kier alpha value is -1.10. The van der Waals surface area contributed by atoms with Crippen LogP contribution in [-0.4, -0.2) is 47.6 Å². The molecule has 1 saturated heterocycles. The Morgan fingerprint density at radius 2 is 2.05 bits per heavy atom. The molecule has 1 fully saturated rings. The number of hydrogen-bond donors (Lipinski definition) is 2. The molecule has 0 aromatic carbocycles. The van der Waals surface area contributed by atoms with Crippen molar-refractivity contribution >= 4 is 11.9 Å². The summed E-state index contributed by atoms with van der Waals surface area (Å²) in [6, 6.07) is 0.128. The highest BCUT2D eigenvalue weighted by atomic mass is 16.4. The number of carbonyl (C=O) groups is 2. The van der Waals surface area contributed by atoms with Gasteiger partial charge in [0.05, 0.1) is 0 Å². The van der Waals surface area contributed by atoms with Gasteiger partial charge in [-0.15, -0.1) is 0 Å². The average Bonchev–Trinajstić information content (AvgIpc) is 2.43. The van der Waals surface area contributed by atoms with Gasteiger partial charge < -0.3 is 15.3 Å². The van der Waals surface area contributed by atoms with Gasteiger partial charge in [-0.1, -0.05) is 6.92 Å². The van der Waals surface area contributed by atoms with E-state index in [4.69, 9.17) is 5.11 Å². The van der Waals surface area contributed by atoms with Gasteiger partial charge in [-0.2, -0.15) is 0 Å². The van der Waals surface area contributed by atoms with Crippen LogP contribution in [-0.2, 0) is 9.59 Å². The van der Waals surface area contributed by atoms with Crippen LogP contribution in [0.2, 0.25) is 0 Å². The van der Waals surface area contributed by atoms with E-state index in [1.54, 1.807) is 0 Å². The summed E-state index contributed by atoms with van der Waals surface area (Å²) >= 11 is 0. The van der Waals surface area contributed by atoms with Gasteiger partial charge in [0.2, 0.25) is 5.91 Å². The third-order valence-electron chi connectivity index (χ3n) is 4.37. The normalized spacial score (nSPS) is 20.3. The highest BCUT2D eigenvalue weighted by Crippen LogP contribution is 2.23. The number of nitrogens with one attached hydrogen (secondary N) is 1. The van der Waals surface area contributed by atoms with Crippen LogP contribution in [0.1, 0.15) is 52.9 Å². The lowest BCUT2D eigenvalue weighted by Crippen LogP contribution is -2.40. The van der Waals surface area contributed by atoms with Crippen molar-refractivity contribution in [3.05, 3.63) is 0 Å². The molecule has 2 unspecified atom stereocenters. The zero-order valence-corrected chi connectivity index (χ0v) is 13.6. The van der Waals surface area contributed by atoms with Gasteiger partial charge >= 0.3 is 5.97 Å². The van der Waals surface area contributed by atoms with Crippen LogP contribution in [0, 0.1) is 11.8 Å². The first kappa shape index (κ1) is 18.0. The molecule has 0 aromatic rings. The van der Waals surface area contributed by atoms with Crippen molar-refractivity contribution in [3.8, 4) is 0 Å². The van der Waals surface area contributed by atoms with Gasteiger partial charge in [-0.3, -0.25) is 9.59 Å². The number of nitrogens with zero attached hydrogens (tertiary/aromatic N) is 1. The number of rotatable bonds is 8. The van der Waals surface area contributed by atoms with Crippen molar-refractivity contribution in [1.82, 2.24) is 10.2 Å². The zero-order chi connectivity index (χ0) is 15.8. The first-order valence-corrected chi connectivity index (χ1v) is 8.13. The van der Waals surface area contributed by atoms with Crippen LogP contribution < -0.4 is 5.32 Å². The molecule has 5 heteroatoms. The summed E-state index contributed by atoms with van der Waals surface area (Å²) in [4.78, 5) is 24.9. The second-order valence-electron chi connectivity index (χ2n) is 6.47. The maximum atomic E-state index is 12.5. The molecule has 0 bridgehead atoms. The molecule has 1 heterocycles. The summed E-state index contributed by atoms with van der Waals surface area (Å²) in [7, 11) is 0. The molecular formula is C16H30N2O3. The third-order valence-corrected chi connectivity index (χ3v) is 4.37. The van der Waals surface area contributed by atoms with Crippen LogP contribution in [0.5, 0.6) is 0 Å². The van der Waals surface area contributed by atoms with Gasteiger partial charge in [0.25, 0.3) is 0 Å². The molecule has 1 aliphatic heterocycles. The molecule has 5 nitrogen and oxygen atoms in total. The number of aliphatic carboxylic acids is 1. The van der Waals surface area contributed by atoms with E-state index in [1.165, 1.54) is 12.8 Å². The molecule has 21 heavy (non-hydrogen) atoms. The molecule has 0 spiro atoms. The number of carbonyl (C=O) groups excluding carboxylic acids is 1. The standard InChI is InChI=1S/C16H30N2O3/c1-12(2)18(9-5-7-16(20)21)15(19)10-13(3)14-6-4-8-17-11-14/h12-14,17H,4-11H2,1-3H3,(H,20,21). The van der Waals surface area contributed by atoms with E-state index in [1.807, 2.05) is 18.7 Å². The van der Waals surface area contributed by atoms with Crippen LogP contribution >= 0.6 is 0 Å². The Bertz CT molecular complexity index is 338. The molecular weight excluding hydrogens is 268 g/mol. The van der Waals surface area contributed by atoms with Crippen molar-refractivity contribution in [2.24, 2.45) is 11.8 Å². The maximum absolute atomic E-state index is 12.5. The van der Waals surface area contributed by atoms with Crippen LogP contribution in [0.4, 0.5) is 0 Å². The van der Waals surface area contributed by atoms with Crippen molar-refractivity contribution in [2.75, 3.05) is 19.6 Å². The fourth-order valence-corrected chi connectivity index (χ4v) is 3.00. The smallest absolute Gasteiger partial charge is 0.303 e. The molecule has 0 radical (unpaired) electrons. The minimum Gasteiger partial charge on any atom is -0.481 e. The second-order valence-corrected chi connectivity index (χ2v) is 6.47. The SMILES string of the molecule is CC(CC(=O)N(CCCC(=O)O)C(C)C)C1CCCNC1. The van der Waals surface area contributed by atoms with E-state index in [0.29, 0.717) is 31.2 Å². The Kier molecular flexibility index (Phi) is 7.72. The van der Waals surface area contributed by atoms with E-state index in [2.05, 4.69) is 12.2 Å². The molecule has 1 amide bonds. The van der Waals surface area contributed by atoms with Gasteiger partial charge in [-0.05, 0) is 58.0 Å². The van der Waals surface area contributed by atoms with E-state index in [-0.39, 0.29) is 18.4 Å². The Morgan fingerprint density at radius 1 is 1.33 bits per heavy atom. The first-order chi connectivity index (χ1) is 9.91. The predicted molar refractivity (Wildman–Crippen MR) is 83.1 cm³/mol. The van der Waals surface area contributed by atoms with E-state index in [0.717, 1.165) is 13.1 Å². The lowest BCUT2D eigenvalue weighted by molar-refractivity contribution is -0.139. The highest BCUT2D eigenvalue weighted by Gasteiger charge is 2.25. The second kappa shape index (κ2) is 9.03. The zero-order valence-electron chi connectivity index (χ0n) is 13.6. The largest absolute Gasteiger partial charge is 0.481 e. The number of amides is 1. The van der Waals surface area contributed by atoms with Gasteiger partial charge in [0.15, 0.2) is 0 Å². The van der Waals surface area contributed by atoms with E-state index in [9.17, 15) is 9.59 Å². The van der Waals surface area contributed by atoms with Crippen molar-refractivity contribution < 1.29 is 14.7 Å². The number of piperidine rings is 1. The van der Waals surface area contributed by atoms with Gasteiger partial charge in [0.1, 0.15) is 0 Å². The highest BCUT2D eigenvalue weighted by molar-refractivity contribution is 5.76. The van der Waals surface area contributed by atoms with Crippen LogP contribution in [0.25, 0.3) is 0 Å². The van der Waals surface area contributed by atoms with E-state index >= 15 is 0 Å². The minimum atomic E-state index is -0.798. The van der Waals surface area contributed by atoms with Crippen molar-refractivity contribution in [3.63, 3.8) is 0 Å².